The molecule has 2 aromatic rings. The number of benzene rings is 1. The second-order valence-electron chi connectivity index (χ2n) is 4.64. The van der Waals surface area contributed by atoms with Crippen molar-refractivity contribution in [2.24, 2.45) is 5.73 Å². The molecule has 2 rings (SSSR count). The summed E-state index contributed by atoms with van der Waals surface area (Å²) in [6.45, 7) is 2.95. The van der Waals surface area contributed by atoms with E-state index in [9.17, 15) is 4.39 Å². The van der Waals surface area contributed by atoms with E-state index in [1.807, 2.05) is 31.0 Å². The third-order valence-electron chi connectivity index (χ3n) is 3.07. The van der Waals surface area contributed by atoms with E-state index < -0.39 is 0 Å². The predicted molar refractivity (Wildman–Crippen MR) is 75.4 cm³/mol. The molecule has 3 nitrogen and oxygen atoms in total. The van der Waals surface area contributed by atoms with Crippen LogP contribution in [0.2, 0.25) is 0 Å². The van der Waals surface area contributed by atoms with Gasteiger partial charge >= 0.3 is 0 Å². The lowest BCUT2D eigenvalue weighted by Gasteiger charge is -2.21. The number of hydrogen-bond acceptors (Lipinski definition) is 3. The fourth-order valence-corrected chi connectivity index (χ4v) is 2.09. The molecule has 100 valence electrons. The number of pyridine rings is 1. The number of hydrogen-bond donors (Lipinski definition) is 1. The highest BCUT2D eigenvalue weighted by molar-refractivity contribution is 5.47. The number of anilines is 1. The van der Waals surface area contributed by atoms with Gasteiger partial charge in [-0.1, -0.05) is 18.2 Å². The molecule has 0 bridgehead atoms. The highest BCUT2D eigenvalue weighted by atomic mass is 19.1. The summed E-state index contributed by atoms with van der Waals surface area (Å²) in [5.41, 5.74) is 8.29. The highest BCUT2D eigenvalue weighted by Crippen LogP contribution is 2.19. The Hall–Kier alpha value is -1.94. The Labute approximate surface area is 112 Å². The van der Waals surface area contributed by atoms with Crippen molar-refractivity contribution in [3.05, 3.63) is 59.0 Å². The van der Waals surface area contributed by atoms with Gasteiger partial charge in [0.15, 0.2) is 0 Å². The van der Waals surface area contributed by atoms with E-state index in [2.05, 4.69) is 4.98 Å². The van der Waals surface area contributed by atoms with Gasteiger partial charge in [-0.2, -0.15) is 0 Å². The van der Waals surface area contributed by atoms with Crippen LogP contribution in [0.4, 0.5) is 10.2 Å². The van der Waals surface area contributed by atoms with Crippen LogP contribution in [0.5, 0.6) is 0 Å². The van der Waals surface area contributed by atoms with Crippen LogP contribution in [0, 0.1) is 12.7 Å². The van der Waals surface area contributed by atoms with Crippen LogP contribution < -0.4 is 10.6 Å². The fraction of sp³-hybridized carbons (Fsp3) is 0.267. The predicted octanol–water partition coefficient (Wildman–Crippen LogP) is 2.62. The minimum absolute atomic E-state index is 0.189. The molecule has 0 radical (unpaired) electrons. The normalized spacial score (nSPS) is 10.5. The van der Waals surface area contributed by atoms with Gasteiger partial charge in [-0.05, 0) is 30.2 Å². The molecule has 0 amide bonds. The first-order chi connectivity index (χ1) is 9.11. The summed E-state index contributed by atoms with van der Waals surface area (Å²) in [7, 11) is 1.91. The quantitative estimate of drug-likeness (QED) is 0.917. The molecule has 0 aliphatic heterocycles. The van der Waals surface area contributed by atoms with E-state index in [4.69, 9.17) is 5.73 Å². The van der Waals surface area contributed by atoms with Crippen molar-refractivity contribution in [2.75, 3.05) is 11.9 Å². The van der Waals surface area contributed by atoms with Crippen molar-refractivity contribution < 1.29 is 4.39 Å². The Bertz CT molecular complexity index is 569. The Morgan fingerprint density at radius 3 is 2.68 bits per heavy atom. The van der Waals surface area contributed by atoms with Gasteiger partial charge in [-0.3, -0.25) is 0 Å². The monoisotopic (exact) mass is 259 g/mol. The smallest absolute Gasteiger partial charge is 0.131 e. The number of nitrogens with two attached hydrogens (primary N) is 1. The molecule has 0 aliphatic carbocycles. The van der Waals surface area contributed by atoms with Crippen molar-refractivity contribution in [3.63, 3.8) is 0 Å². The van der Waals surface area contributed by atoms with E-state index in [1.165, 1.54) is 6.07 Å². The van der Waals surface area contributed by atoms with Crippen molar-refractivity contribution in [2.45, 2.75) is 20.0 Å². The van der Waals surface area contributed by atoms with Crippen LogP contribution >= 0.6 is 0 Å². The fourth-order valence-electron chi connectivity index (χ4n) is 2.09. The van der Waals surface area contributed by atoms with E-state index in [0.717, 1.165) is 16.9 Å². The molecule has 0 spiro atoms. The molecule has 4 heteroatoms. The molecule has 19 heavy (non-hydrogen) atoms. The molecular formula is C15H18FN3. The molecule has 2 N–H and O–H groups in total. The van der Waals surface area contributed by atoms with Crippen LogP contribution in [0.15, 0.2) is 36.5 Å². The third kappa shape index (κ3) is 3.09. The summed E-state index contributed by atoms with van der Waals surface area (Å²) in [4.78, 5) is 6.34. The second-order valence-corrected chi connectivity index (χ2v) is 4.64. The Morgan fingerprint density at radius 2 is 2.05 bits per heavy atom. The molecular weight excluding hydrogens is 241 g/mol. The lowest BCUT2D eigenvalue weighted by atomic mass is 10.1. The summed E-state index contributed by atoms with van der Waals surface area (Å²) in [6.07, 6.45) is 1.76. The van der Waals surface area contributed by atoms with E-state index in [-0.39, 0.29) is 5.82 Å². The van der Waals surface area contributed by atoms with Crippen molar-refractivity contribution in [3.8, 4) is 0 Å². The van der Waals surface area contributed by atoms with Gasteiger partial charge < -0.3 is 10.6 Å². The van der Waals surface area contributed by atoms with Gasteiger partial charge in [-0.15, -0.1) is 0 Å². The van der Waals surface area contributed by atoms with Gasteiger partial charge in [0.1, 0.15) is 11.6 Å². The van der Waals surface area contributed by atoms with E-state index in [0.29, 0.717) is 18.7 Å². The molecule has 0 saturated carbocycles. The van der Waals surface area contributed by atoms with Crippen LogP contribution in [0.1, 0.15) is 16.7 Å². The Kier molecular flexibility index (Phi) is 4.12. The summed E-state index contributed by atoms with van der Waals surface area (Å²) >= 11 is 0. The summed E-state index contributed by atoms with van der Waals surface area (Å²) in [5.74, 6) is 0.658. The average Bonchev–Trinajstić information content (AvgIpc) is 2.41. The van der Waals surface area contributed by atoms with Gasteiger partial charge in [-0.25, -0.2) is 9.37 Å². The molecule has 0 atom stereocenters. The number of nitrogens with zero attached hydrogens (tertiary/aromatic N) is 2. The van der Waals surface area contributed by atoms with Crippen molar-refractivity contribution in [1.29, 1.82) is 0 Å². The molecule has 1 heterocycles. The first-order valence-electron chi connectivity index (χ1n) is 6.22. The first kappa shape index (κ1) is 13.5. The molecule has 0 unspecified atom stereocenters. The van der Waals surface area contributed by atoms with Gasteiger partial charge in [0.2, 0.25) is 0 Å². The first-order valence-corrected chi connectivity index (χ1v) is 6.22. The maximum Gasteiger partial charge on any atom is 0.131 e. The van der Waals surface area contributed by atoms with Crippen LogP contribution in [0.25, 0.3) is 0 Å². The molecule has 0 saturated heterocycles. The lowest BCUT2D eigenvalue weighted by molar-refractivity contribution is 0.607. The zero-order valence-electron chi connectivity index (χ0n) is 11.2. The summed E-state index contributed by atoms with van der Waals surface area (Å²) < 4.78 is 13.6. The molecule has 0 fully saturated rings. The summed E-state index contributed by atoms with van der Waals surface area (Å²) in [5, 5.41) is 0. The number of aromatic nitrogens is 1. The van der Waals surface area contributed by atoms with E-state index in [1.54, 1.807) is 18.3 Å². The second kappa shape index (κ2) is 5.80. The lowest BCUT2D eigenvalue weighted by Crippen LogP contribution is -2.19. The zero-order valence-corrected chi connectivity index (χ0v) is 11.2. The van der Waals surface area contributed by atoms with Crippen LogP contribution in [0.3, 0.4) is 0 Å². The van der Waals surface area contributed by atoms with Gasteiger partial charge in [0, 0.05) is 31.9 Å². The Balaban J connectivity index is 2.21. The van der Waals surface area contributed by atoms with Gasteiger partial charge in [0.25, 0.3) is 0 Å². The standard InChI is InChI=1S/C15H18FN3/c1-11-7-12(8-17)9-18-15(11)19(2)10-13-5-3-4-6-14(13)16/h3-7,9H,8,10,17H2,1-2H3. The van der Waals surface area contributed by atoms with Crippen molar-refractivity contribution in [1.82, 2.24) is 4.98 Å². The van der Waals surface area contributed by atoms with Crippen LogP contribution in [-0.4, -0.2) is 12.0 Å². The third-order valence-corrected chi connectivity index (χ3v) is 3.07. The average molecular weight is 259 g/mol. The minimum atomic E-state index is -0.189. The molecule has 0 aliphatic rings. The highest BCUT2D eigenvalue weighted by Gasteiger charge is 2.09. The van der Waals surface area contributed by atoms with E-state index >= 15 is 0 Å². The number of aryl methyl sites for hydroxylation is 1. The number of halogens is 1. The zero-order chi connectivity index (χ0) is 13.8. The topological polar surface area (TPSA) is 42.1 Å². The van der Waals surface area contributed by atoms with Crippen molar-refractivity contribution >= 4 is 5.82 Å². The Morgan fingerprint density at radius 1 is 1.32 bits per heavy atom. The minimum Gasteiger partial charge on any atom is -0.355 e. The van der Waals surface area contributed by atoms with Gasteiger partial charge in [0.05, 0.1) is 0 Å². The molecule has 1 aromatic heterocycles. The van der Waals surface area contributed by atoms with Crippen LogP contribution in [-0.2, 0) is 13.1 Å². The number of rotatable bonds is 4. The molecule has 1 aromatic carbocycles. The SMILES string of the molecule is Cc1cc(CN)cnc1N(C)Cc1ccccc1F. The maximum atomic E-state index is 13.6. The summed E-state index contributed by atoms with van der Waals surface area (Å²) in [6, 6.07) is 8.80. The largest absolute Gasteiger partial charge is 0.355 e. The maximum absolute atomic E-state index is 13.6.